The first kappa shape index (κ1) is 15.0. The maximum atomic E-state index is 12.1. The molecule has 0 spiro atoms. The van der Waals surface area contributed by atoms with E-state index in [9.17, 15) is 14.9 Å². The predicted molar refractivity (Wildman–Crippen MR) is 82.0 cm³/mol. The molecule has 0 aromatic carbocycles. The molecular weight excluding hydrogens is 308 g/mol. The summed E-state index contributed by atoms with van der Waals surface area (Å²) < 4.78 is 0. The van der Waals surface area contributed by atoms with Crippen LogP contribution in [0.3, 0.4) is 0 Å². The van der Waals surface area contributed by atoms with Crippen molar-refractivity contribution >= 4 is 29.0 Å². The van der Waals surface area contributed by atoms with Gasteiger partial charge in [-0.3, -0.25) is 14.9 Å². The quantitative estimate of drug-likeness (QED) is 0.628. The summed E-state index contributed by atoms with van der Waals surface area (Å²) in [4.78, 5) is 30.4. The number of halogens is 1. The van der Waals surface area contributed by atoms with Crippen LogP contribution in [0.15, 0.2) is 12.3 Å². The third-order valence-corrected chi connectivity index (χ3v) is 4.33. The SMILES string of the molecule is O=C(C1CC1)N1CCCN(c2ncc([N+](=O)[O-])cc2Cl)CC1. The molecule has 0 N–H and O–H groups in total. The minimum absolute atomic E-state index is 0.117. The molecule has 1 aliphatic carbocycles. The first-order valence-electron chi connectivity index (χ1n) is 7.40. The summed E-state index contributed by atoms with van der Waals surface area (Å²) >= 11 is 6.13. The zero-order valence-electron chi connectivity index (χ0n) is 12.1. The smallest absolute Gasteiger partial charge is 0.289 e. The first-order chi connectivity index (χ1) is 10.6. The monoisotopic (exact) mass is 324 g/mol. The summed E-state index contributed by atoms with van der Waals surface area (Å²) in [6.45, 7) is 2.77. The molecule has 0 bridgehead atoms. The maximum Gasteiger partial charge on any atom is 0.289 e. The Morgan fingerprint density at radius 2 is 2.09 bits per heavy atom. The van der Waals surface area contributed by atoms with Crippen LogP contribution in [-0.4, -0.2) is 46.9 Å². The van der Waals surface area contributed by atoms with Crippen LogP contribution >= 0.6 is 11.6 Å². The molecule has 3 rings (SSSR count). The lowest BCUT2D eigenvalue weighted by atomic mass is 10.3. The highest BCUT2D eigenvalue weighted by atomic mass is 35.5. The molecule has 1 saturated heterocycles. The van der Waals surface area contributed by atoms with E-state index in [0.29, 0.717) is 18.9 Å². The maximum absolute atomic E-state index is 12.1. The molecule has 1 aromatic rings. The molecule has 7 nitrogen and oxygen atoms in total. The van der Waals surface area contributed by atoms with Crippen molar-refractivity contribution in [1.29, 1.82) is 0 Å². The van der Waals surface area contributed by atoms with Crippen molar-refractivity contribution < 1.29 is 9.72 Å². The van der Waals surface area contributed by atoms with Crippen molar-refractivity contribution in [3.8, 4) is 0 Å². The Labute approximate surface area is 133 Å². The number of carbonyl (C=O) groups is 1. The van der Waals surface area contributed by atoms with Crippen molar-refractivity contribution in [2.75, 3.05) is 31.1 Å². The normalized spacial score (nSPS) is 19.0. The molecule has 2 aliphatic rings. The van der Waals surface area contributed by atoms with Crippen molar-refractivity contribution in [3.05, 3.63) is 27.4 Å². The Hall–Kier alpha value is -1.89. The molecule has 1 saturated carbocycles. The second-order valence-electron chi connectivity index (χ2n) is 5.70. The average Bonchev–Trinajstić information content (AvgIpc) is 3.33. The number of nitro groups is 1. The predicted octanol–water partition coefficient (Wildman–Crippen LogP) is 2.09. The van der Waals surface area contributed by atoms with Gasteiger partial charge in [0.2, 0.25) is 5.91 Å². The van der Waals surface area contributed by atoms with E-state index in [-0.39, 0.29) is 22.5 Å². The van der Waals surface area contributed by atoms with E-state index >= 15 is 0 Å². The number of nitrogens with zero attached hydrogens (tertiary/aromatic N) is 4. The number of anilines is 1. The van der Waals surface area contributed by atoms with Crippen LogP contribution in [0.1, 0.15) is 19.3 Å². The highest BCUT2D eigenvalue weighted by Gasteiger charge is 2.34. The van der Waals surface area contributed by atoms with Crippen LogP contribution in [0.2, 0.25) is 5.02 Å². The molecule has 2 fully saturated rings. The standard InChI is InChI=1S/C14H17ClN4O3/c15-12-8-11(19(21)22)9-16-13(12)17-4-1-5-18(7-6-17)14(20)10-2-3-10/h8-10H,1-7H2. The molecule has 0 radical (unpaired) electrons. The lowest BCUT2D eigenvalue weighted by molar-refractivity contribution is -0.385. The minimum Gasteiger partial charge on any atom is -0.354 e. The minimum atomic E-state index is -0.513. The van der Waals surface area contributed by atoms with Crippen LogP contribution in [0.25, 0.3) is 0 Å². The molecule has 1 aliphatic heterocycles. The number of rotatable bonds is 3. The van der Waals surface area contributed by atoms with Gasteiger partial charge in [-0.1, -0.05) is 11.6 Å². The molecule has 118 valence electrons. The van der Waals surface area contributed by atoms with Crippen LogP contribution in [0, 0.1) is 16.0 Å². The van der Waals surface area contributed by atoms with Crippen LogP contribution in [-0.2, 0) is 4.79 Å². The van der Waals surface area contributed by atoms with Gasteiger partial charge >= 0.3 is 0 Å². The van der Waals surface area contributed by atoms with Gasteiger partial charge in [0, 0.05) is 38.2 Å². The van der Waals surface area contributed by atoms with E-state index in [1.54, 1.807) is 0 Å². The van der Waals surface area contributed by atoms with Crippen molar-refractivity contribution in [3.63, 3.8) is 0 Å². The fraction of sp³-hybridized carbons (Fsp3) is 0.571. The Balaban J connectivity index is 1.70. The molecule has 2 heterocycles. The lowest BCUT2D eigenvalue weighted by Crippen LogP contribution is -2.36. The van der Waals surface area contributed by atoms with Crippen LogP contribution < -0.4 is 4.90 Å². The van der Waals surface area contributed by atoms with Gasteiger partial charge in [0.25, 0.3) is 5.69 Å². The zero-order valence-corrected chi connectivity index (χ0v) is 12.8. The third-order valence-electron chi connectivity index (χ3n) is 4.05. The molecule has 0 unspecified atom stereocenters. The molecule has 22 heavy (non-hydrogen) atoms. The summed E-state index contributed by atoms with van der Waals surface area (Å²) in [6.07, 6.45) is 4.08. The van der Waals surface area contributed by atoms with E-state index in [1.807, 2.05) is 9.80 Å². The van der Waals surface area contributed by atoms with Gasteiger partial charge in [0.15, 0.2) is 0 Å². The zero-order chi connectivity index (χ0) is 15.7. The molecule has 0 atom stereocenters. The average molecular weight is 325 g/mol. The van der Waals surface area contributed by atoms with Gasteiger partial charge in [-0.2, -0.15) is 0 Å². The van der Waals surface area contributed by atoms with Gasteiger partial charge in [-0.15, -0.1) is 0 Å². The van der Waals surface area contributed by atoms with Crippen molar-refractivity contribution in [2.45, 2.75) is 19.3 Å². The summed E-state index contributed by atoms with van der Waals surface area (Å²) in [5.41, 5.74) is -0.117. The second kappa shape index (κ2) is 6.08. The highest BCUT2D eigenvalue weighted by Crippen LogP contribution is 2.32. The summed E-state index contributed by atoms with van der Waals surface area (Å²) in [6, 6.07) is 1.32. The molecular formula is C14H17ClN4O3. The topological polar surface area (TPSA) is 79.6 Å². The van der Waals surface area contributed by atoms with Crippen LogP contribution in [0.5, 0.6) is 0 Å². The fourth-order valence-corrected chi connectivity index (χ4v) is 2.97. The van der Waals surface area contributed by atoms with Gasteiger partial charge in [-0.05, 0) is 19.3 Å². The Bertz CT molecular complexity index is 606. The van der Waals surface area contributed by atoms with Gasteiger partial charge in [-0.25, -0.2) is 4.98 Å². The summed E-state index contributed by atoms with van der Waals surface area (Å²) in [5.74, 6) is 1.03. The number of hydrogen-bond donors (Lipinski definition) is 0. The number of carbonyl (C=O) groups excluding carboxylic acids is 1. The molecule has 1 aromatic heterocycles. The van der Waals surface area contributed by atoms with Gasteiger partial charge in [0.05, 0.1) is 9.95 Å². The second-order valence-corrected chi connectivity index (χ2v) is 6.10. The summed E-state index contributed by atoms with van der Waals surface area (Å²) in [5, 5.41) is 11.0. The van der Waals surface area contributed by atoms with Crippen LogP contribution in [0.4, 0.5) is 11.5 Å². The summed E-state index contributed by atoms with van der Waals surface area (Å²) in [7, 11) is 0. The van der Waals surface area contributed by atoms with Gasteiger partial charge in [0.1, 0.15) is 12.0 Å². The van der Waals surface area contributed by atoms with E-state index in [1.165, 1.54) is 12.3 Å². The number of pyridine rings is 1. The number of amides is 1. The number of aromatic nitrogens is 1. The third kappa shape index (κ3) is 3.14. The molecule has 1 amide bonds. The molecule has 8 heteroatoms. The first-order valence-corrected chi connectivity index (χ1v) is 7.77. The van der Waals surface area contributed by atoms with Crippen molar-refractivity contribution in [2.24, 2.45) is 5.92 Å². The Morgan fingerprint density at radius 1 is 1.32 bits per heavy atom. The van der Waals surface area contributed by atoms with E-state index < -0.39 is 4.92 Å². The Morgan fingerprint density at radius 3 is 2.73 bits per heavy atom. The van der Waals surface area contributed by atoms with Crippen molar-refractivity contribution in [1.82, 2.24) is 9.88 Å². The Kier molecular flexibility index (Phi) is 4.15. The van der Waals surface area contributed by atoms with E-state index in [4.69, 9.17) is 11.6 Å². The largest absolute Gasteiger partial charge is 0.354 e. The van der Waals surface area contributed by atoms with E-state index in [0.717, 1.165) is 32.4 Å². The highest BCUT2D eigenvalue weighted by molar-refractivity contribution is 6.33. The lowest BCUT2D eigenvalue weighted by Gasteiger charge is -2.23. The fourth-order valence-electron chi connectivity index (χ4n) is 2.69. The van der Waals surface area contributed by atoms with Gasteiger partial charge < -0.3 is 9.80 Å². The number of hydrogen-bond acceptors (Lipinski definition) is 5. The van der Waals surface area contributed by atoms with E-state index in [2.05, 4.69) is 4.98 Å².